The van der Waals surface area contributed by atoms with Crippen molar-refractivity contribution in [2.75, 3.05) is 0 Å². The van der Waals surface area contributed by atoms with Gasteiger partial charge in [-0.05, 0) is 32.9 Å². The predicted octanol–water partition coefficient (Wildman–Crippen LogP) is 2.50. The van der Waals surface area contributed by atoms with Gasteiger partial charge in [0.2, 0.25) is 0 Å². The zero-order valence-corrected chi connectivity index (χ0v) is 12.1. The van der Waals surface area contributed by atoms with Gasteiger partial charge in [0.25, 0.3) is 0 Å². The molecule has 0 radical (unpaired) electrons. The molecule has 0 spiro atoms. The first-order valence-corrected chi connectivity index (χ1v) is 6.38. The first kappa shape index (κ1) is 14.2. The Balaban J connectivity index is 2.57. The number of halogens is 1. The van der Waals surface area contributed by atoms with E-state index >= 15 is 0 Å². The number of nitrogens with zero attached hydrogens (tertiary/aromatic N) is 5. The molecule has 2 rings (SSSR count). The molecule has 0 amide bonds. The standard InChI is InChI=1S/C14H18FN5/c1-10-8-18-20(19(4)11(2)9-17-10)12(3)14-7-13(15)5-6-16-14/h5-9,12H,1-4H3. The minimum absolute atomic E-state index is 0.193. The summed E-state index contributed by atoms with van der Waals surface area (Å²) < 4.78 is 15.2. The zero-order valence-electron chi connectivity index (χ0n) is 12.1. The van der Waals surface area contributed by atoms with Crippen LogP contribution in [0.15, 0.2) is 30.7 Å². The van der Waals surface area contributed by atoms with E-state index in [2.05, 4.69) is 15.1 Å². The highest BCUT2D eigenvalue weighted by Gasteiger charge is 2.11. The van der Waals surface area contributed by atoms with Crippen LogP contribution in [0.2, 0.25) is 0 Å². The molecule has 1 unspecified atom stereocenters. The second-order valence-corrected chi connectivity index (χ2v) is 4.70. The lowest BCUT2D eigenvalue weighted by atomic mass is 10.2. The average Bonchev–Trinajstić information content (AvgIpc) is 2.43. The molecule has 1 atom stereocenters. The second kappa shape index (κ2) is 5.81. The first-order valence-electron chi connectivity index (χ1n) is 6.38. The lowest BCUT2D eigenvalue weighted by molar-refractivity contribution is 0.381. The molecule has 0 fully saturated rings. The third-order valence-corrected chi connectivity index (χ3v) is 3.15. The van der Waals surface area contributed by atoms with E-state index in [1.165, 1.54) is 18.3 Å². The first-order chi connectivity index (χ1) is 9.49. The Labute approximate surface area is 117 Å². The molecular weight excluding hydrogens is 257 g/mol. The van der Waals surface area contributed by atoms with Crippen molar-refractivity contribution in [1.29, 1.82) is 0 Å². The second-order valence-electron chi connectivity index (χ2n) is 4.70. The molecule has 0 saturated carbocycles. The van der Waals surface area contributed by atoms with Gasteiger partial charge in [-0.1, -0.05) is 0 Å². The van der Waals surface area contributed by atoms with Crippen LogP contribution in [0.5, 0.6) is 0 Å². The van der Waals surface area contributed by atoms with E-state index in [1.54, 1.807) is 17.2 Å². The van der Waals surface area contributed by atoms with Crippen molar-refractivity contribution in [3.63, 3.8) is 0 Å². The number of hydrogen-bond acceptors (Lipinski definition) is 3. The van der Waals surface area contributed by atoms with E-state index in [0.29, 0.717) is 5.69 Å². The molecule has 0 aliphatic rings. The van der Waals surface area contributed by atoms with Crippen LogP contribution in [0.1, 0.15) is 30.0 Å². The van der Waals surface area contributed by atoms with Gasteiger partial charge in [0, 0.05) is 19.4 Å². The number of aryl methyl sites for hydroxylation is 2. The van der Waals surface area contributed by atoms with Gasteiger partial charge in [-0.15, -0.1) is 0 Å². The van der Waals surface area contributed by atoms with E-state index in [1.807, 2.05) is 32.5 Å². The molecule has 0 bridgehead atoms. The van der Waals surface area contributed by atoms with Crippen LogP contribution in [-0.2, 0) is 7.05 Å². The topological polar surface area (TPSA) is 48.5 Å². The van der Waals surface area contributed by atoms with Crippen LogP contribution in [0.4, 0.5) is 4.39 Å². The molecule has 0 N–H and O–H groups in total. The van der Waals surface area contributed by atoms with E-state index in [-0.39, 0.29) is 11.9 Å². The van der Waals surface area contributed by atoms with Gasteiger partial charge in [-0.3, -0.25) is 14.6 Å². The minimum Gasteiger partial charge on any atom is -0.275 e. The van der Waals surface area contributed by atoms with Gasteiger partial charge >= 0.3 is 0 Å². The maximum atomic E-state index is 13.3. The molecule has 20 heavy (non-hydrogen) atoms. The van der Waals surface area contributed by atoms with Gasteiger partial charge < -0.3 is 0 Å². The van der Waals surface area contributed by atoms with E-state index in [4.69, 9.17) is 0 Å². The monoisotopic (exact) mass is 275 g/mol. The highest BCUT2D eigenvalue weighted by molar-refractivity contribution is 5.10. The lowest BCUT2D eigenvalue weighted by Crippen LogP contribution is -2.22. The molecule has 2 aromatic heterocycles. The Bertz CT molecular complexity index is 657. The highest BCUT2D eigenvalue weighted by atomic mass is 19.1. The Morgan fingerprint density at radius 1 is 1.20 bits per heavy atom. The highest BCUT2D eigenvalue weighted by Crippen LogP contribution is 2.14. The fourth-order valence-corrected chi connectivity index (χ4v) is 1.82. The quantitative estimate of drug-likeness (QED) is 0.846. The summed E-state index contributed by atoms with van der Waals surface area (Å²) in [5.74, 6) is -0.300. The molecule has 2 heterocycles. The van der Waals surface area contributed by atoms with Crippen LogP contribution < -0.4 is 0 Å². The maximum Gasteiger partial charge on any atom is 0.126 e. The smallest absolute Gasteiger partial charge is 0.126 e. The third kappa shape index (κ3) is 3.01. The van der Waals surface area contributed by atoms with Crippen molar-refractivity contribution >= 4 is 0 Å². The van der Waals surface area contributed by atoms with Crippen molar-refractivity contribution < 1.29 is 4.39 Å². The van der Waals surface area contributed by atoms with Gasteiger partial charge in [-0.25, -0.2) is 4.39 Å². The Morgan fingerprint density at radius 3 is 2.65 bits per heavy atom. The minimum atomic E-state index is -0.300. The zero-order chi connectivity index (χ0) is 14.7. The summed E-state index contributed by atoms with van der Waals surface area (Å²) in [6.07, 6.45) is 4.92. The van der Waals surface area contributed by atoms with Gasteiger partial charge in [0.15, 0.2) is 0 Å². The molecule has 106 valence electrons. The summed E-state index contributed by atoms with van der Waals surface area (Å²) in [6.45, 7) is 5.75. The lowest BCUT2D eigenvalue weighted by Gasteiger charge is -2.19. The molecule has 6 heteroatoms. The largest absolute Gasteiger partial charge is 0.275 e. The van der Waals surface area contributed by atoms with Crippen molar-refractivity contribution in [2.45, 2.75) is 26.8 Å². The Kier molecular flexibility index (Phi) is 4.12. The van der Waals surface area contributed by atoms with Crippen LogP contribution in [0.25, 0.3) is 0 Å². The third-order valence-electron chi connectivity index (χ3n) is 3.15. The summed E-state index contributed by atoms with van der Waals surface area (Å²) in [7, 11) is 1.88. The van der Waals surface area contributed by atoms with Gasteiger partial charge in [-0.2, -0.15) is 9.90 Å². The summed E-state index contributed by atoms with van der Waals surface area (Å²) in [5.41, 5.74) is 2.36. The number of rotatable bonds is 2. The van der Waals surface area contributed by atoms with Gasteiger partial charge in [0.05, 0.1) is 23.3 Å². The number of pyridine rings is 1. The summed E-state index contributed by atoms with van der Waals surface area (Å²) in [6, 6.07) is 2.56. The van der Waals surface area contributed by atoms with E-state index < -0.39 is 0 Å². The van der Waals surface area contributed by atoms with Crippen LogP contribution in [0, 0.1) is 19.7 Å². The Morgan fingerprint density at radius 2 is 1.95 bits per heavy atom. The predicted molar refractivity (Wildman–Crippen MR) is 74.1 cm³/mol. The van der Waals surface area contributed by atoms with Crippen LogP contribution >= 0.6 is 0 Å². The summed E-state index contributed by atoms with van der Waals surface area (Å²) in [4.78, 5) is 10.2. The molecule has 0 saturated heterocycles. The Hall–Kier alpha value is -2.24. The summed E-state index contributed by atoms with van der Waals surface area (Å²) >= 11 is 0. The van der Waals surface area contributed by atoms with E-state index in [9.17, 15) is 4.39 Å². The normalized spacial score (nSPS) is 12.1. The molecule has 0 aliphatic carbocycles. The fraction of sp³-hybridized carbons (Fsp3) is 0.357. The van der Waals surface area contributed by atoms with Crippen LogP contribution in [0.3, 0.4) is 0 Å². The van der Waals surface area contributed by atoms with Gasteiger partial charge in [0.1, 0.15) is 11.9 Å². The molecular formula is C14H18FN5. The average molecular weight is 275 g/mol. The van der Waals surface area contributed by atoms with Crippen molar-refractivity contribution in [1.82, 2.24) is 24.5 Å². The van der Waals surface area contributed by atoms with Crippen molar-refractivity contribution in [3.8, 4) is 0 Å². The van der Waals surface area contributed by atoms with Crippen molar-refractivity contribution in [2.24, 2.45) is 7.05 Å². The number of aromatic nitrogens is 5. The molecule has 5 nitrogen and oxygen atoms in total. The SMILES string of the molecule is Cc1cnn(C(C)c2cc(F)ccn2)n(C)c(C)cn1. The number of hydrogen-bond donors (Lipinski definition) is 0. The fourth-order valence-electron chi connectivity index (χ4n) is 1.82. The van der Waals surface area contributed by atoms with Crippen molar-refractivity contribution in [3.05, 3.63) is 53.6 Å². The molecule has 0 aromatic carbocycles. The summed E-state index contributed by atoms with van der Waals surface area (Å²) in [5, 5.41) is 4.40. The maximum absolute atomic E-state index is 13.3. The van der Waals surface area contributed by atoms with E-state index in [0.717, 1.165) is 11.4 Å². The molecule has 0 aliphatic heterocycles. The molecule has 2 aromatic rings. The van der Waals surface area contributed by atoms with Crippen LogP contribution in [-0.4, -0.2) is 24.5 Å².